The number of amides is 1. The van der Waals surface area contributed by atoms with E-state index in [4.69, 9.17) is 14.7 Å². The summed E-state index contributed by atoms with van der Waals surface area (Å²) >= 11 is 0. The van der Waals surface area contributed by atoms with Crippen molar-refractivity contribution >= 4 is 11.9 Å². The number of halogens is 1. The first-order valence-corrected chi connectivity index (χ1v) is 7.12. The van der Waals surface area contributed by atoms with Gasteiger partial charge in [0.2, 0.25) is 0 Å². The monoisotopic (exact) mass is 320 g/mol. The zero-order valence-electron chi connectivity index (χ0n) is 12.9. The topological polar surface area (TPSA) is 88.4 Å². The van der Waals surface area contributed by atoms with E-state index in [0.29, 0.717) is 0 Å². The summed E-state index contributed by atoms with van der Waals surface area (Å²) < 4.78 is 23.4. The summed E-state index contributed by atoms with van der Waals surface area (Å²) in [4.78, 5) is 23.6. The van der Waals surface area contributed by atoms with Crippen LogP contribution in [-0.2, 0) is 9.53 Å². The van der Waals surface area contributed by atoms with Crippen LogP contribution in [0.2, 0.25) is 0 Å². The number of hydrogen-bond donors (Lipinski definition) is 1. The van der Waals surface area contributed by atoms with Crippen LogP contribution in [0.1, 0.15) is 30.1 Å². The molecule has 1 amide bonds. The number of rotatable bonds is 6. The Bertz CT molecular complexity index is 667. The highest BCUT2D eigenvalue weighted by Gasteiger charge is 2.43. The SMILES string of the molecule is COc1ccc(C(=O)OCC(=O)N[C@](C)(C#N)C2CC2)c(F)c1. The first-order chi connectivity index (χ1) is 10.9. The van der Waals surface area contributed by atoms with E-state index in [0.717, 1.165) is 18.9 Å². The fourth-order valence-corrected chi connectivity index (χ4v) is 2.20. The summed E-state index contributed by atoms with van der Waals surface area (Å²) in [6, 6.07) is 5.75. The molecule has 1 aromatic carbocycles. The van der Waals surface area contributed by atoms with Gasteiger partial charge in [-0.15, -0.1) is 0 Å². The van der Waals surface area contributed by atoms with Gasteiger partial charge in [0.1, 0.15) is 17.1 Å². The molecule has 1 aliphatic carbocycles. The van der Waals surface area contributed by atoms with Crippen molar-refractivity contribution in [1.29, 1.82) is 5.26 Å². The van der Waals surface area contributed by atoms with Gasteiger partial charge in [0.15, 0.2) is 6.61 Å². The Labute approximate surface area is 133 Å². The third kappa shape index (κ3) is 3.97. The van der Waals surface area contributed by atoms with Gasteiger partial charge in [0, 0.05) is 6.07 Å². The lowest BCUT2D eigenvalue weighted by atomic mass is 9.98. The molecule has 1 atom stereocenters. The van der Waals surface area contributed by atoms with Crippen LogP contribution in [-0.4, -0.2) is 31.1 Å². The van der Waals surface area contributed by atoms with Gasteiger partial charge in [-0.2, -0.15) is 5.26 Å². The van der Waals surface area contributed by atoms with Crippen molar-refractivity contribution < 1.29 is 23.5 Å². The Morgan fingerprint density at radius 3 is 2.70 bits per heavy atom. The summed E-state index contributed by atoms with van der Waals surface area (Å²) in [6.45, 7) is 1.06. The number of hydrogen-bond acceptors (Lipinski definition) is 5. The molecule has 0 bridgehead atoms. The van der Waals surface area contributed by atoms with Crippen LogP contribution in [0.25, 0.3) is 0 Å². The molecule has 6 nitrogen and oxygen atoms in total. The number of carbonyl (C=O) groups is 2. The number of benzene rings is 1. The molecule has 0 unspecified atom stereocenters. The second-order valence-electron chi connectivity index (χ2n) is 5.56. The number of nitrogens with one attached hydrogen (secondary N) is 1. The maximum atomic E-state index is 13.7. The maximum absolute atomic E-state index is 13.7. The van der Waals surface area contributed by atoms with Crippen molar-refractivity contribution in [3.8, 4) is 11.8 Å². The summed E-state index contributed by atoms with van der Waals surface area (Å²) in [7, 11) is 1.38. The summed E-state index contributed by atoms with van der Waals surface area (Å²) in [5.41, 5.74) is -1.25. The van der Waals surface area contributed by atoms with Crippen molar-refractivity contribution in [2.75, 3.05) is 13.7 Å². The van der Waals surface area contributed by atoms with Gasteiger partial charge >= 0.3 is 5.97 Å². The van der Waals surface area contributed by atoms with E-state index in [2.05, 4.69) is 11.4 Å². The molecule has 23 heavy (non-hydrogen) atoms. The molecule has 1 aliphatic rings. The molecule has 0 aromatic heterocycles. The average molecular weight is 320 g/mol. The minimum Gasteiger partial charge on any atom is -0.497 e. The van der Waals surface area contributed by atoms with Gasteiger partial charge in [-0.3, -0.25) is 4.79 Å². The normalized spacial score (nSPS) is 15.9. The molecule has 1 N–H and O–H groups in total. The lowest BCUT2D eigenvalue weighted by Crippen LogP contribution is -2.48. The van der Waals surface area contributed by atoms with Gasteiger partial charge in [0.05, 0.1) is 18.7 Å². The first kappa shape index (κ1) is 16.7. The second kappa shape index (κ2) is 6.65. The summed E-state index contributed by atoms with van der Waals surface area (Å²) in [6.07, 6.45) is 1.75. The number of nitriles is 1. The summed E-state index contributed by atoms with van der Waals surface area (Å²) in [5, 5.41) is 11.7. The van der Waals surface area contributed by atoms with Gasteiger partial charge in [-0.05, 0) is 37.8 Å². The van der Waals surface area contributed by atoms with Crippen LogP contribution in [0.3, 0.4) is 0 Å². The maximum Gasteiger partial charge on any atom is 0.341 e. The Morgan fingerprint density at radius 1 is 1.48 bits per heavy atom. The van der Waals surface area contributed by atoms with Crippen LogP contribution in [0.4, 0.5) is 4.39 Å². The zero-order valence-corrected chi connectivity index (χ0v) is 12.9. The number of nitrogens with zero attached hydrogens (tertiary/aromatic N) is 1. The van der Waals surface area contributed by atoms with Crippen LogP contribution in [0, 0.1) is 23.1 Å². The molecule has 1 fully saturated rings. The minimum absolute atomic E-state index is 0.117. The van der Waals surface area contributed by atoms with Gasteiger partial charge in [-0.1, -0.05) is 0 Å². The van der Waals surface area contributed by atoms with Crippen LogP contribution < -0.4 is 10.1 Å². The van der Waals surface area contributed by atoms with Crippen LogP contribution in [0.5, 0.6) is 5.75 Å². The molecule has 1 aromatic rings. The predicted molar refractivity (Wildman–Crippen MR) is 78.1 cm³/mol. The van der Waals surface area contributed by atoms with E-state index in [-0.39, 0.29) is 17.2 Å². The smallest absolute Gasteiger partial charge is 0.341 e. The Morgan fingerprint density at radius 2 is 2.17 bits per heavy atom. The van der Waals surface area contributed by atoms with Crippen molar-refractivity contribution in [3.63, 3.8) is 0 Å². The van der Waals surface area contributed by atoms with Crippen molar-refractivity contribution in [1.82, 2.24) is 5.32 Å². The summed E-state index contributed by atoms with van der Waals surface area (Å²) in [5.74, 6) is -1.96. The minimum atomic E-state index is -0.963. The Balaban J connectivity index is 1.91. The van der Waals surface area contributed by atoms with Gasteiger partial charge in [-0.25, -0.2) is 9.18 Å². The van der Waals surface area contributed by atoms with E-state index in [1.54, 1.807) is 6.92 Å². The number of methoxy groups -OCH3 is 1. The van der Waals surface area contributed by atoms with E-state index in [9.17, 15) is 14.0 Å². The van der Waals surface area contributed by atoms with Crippen molar-refractivity contribution in [3.05, 3.63) is 29.6 Å². The highest BCUT2D eigenvalue weighted by Crippen LogP contribution is 2.39. The number of carbonyl (C=O) groups excluding carboxylic acids is 2. The Hall–Kier alpha value is -2.62. The highest BCUT2D eigenvalue weighted by atomic mass is 19.1. The second-order valence-corrected chi connectivity index (χ2v) is 5.56. The number of ether oxygens (including phenoxy) is 2. The lowest BCUT2D eigenvalue weighted by Gasteiger charge is -2.22. The first-order valence-electron chi connectivity index (χ1n) is 7.12. The van der Waals surface area contributed by atoms with Gasteiger partial charge in [0.25, 0.3) is 5.91 Å². The van der Waals surface area contributed by atoms with Crippen molar-refractivity contribution in [2.45, 2.75) is 25.3 Å². The third-order valence-corrected chi connectivity index (χ3v) is 3.76. The quantitative estimate of drug-likeness (QED) is 0.807. The van der Waals surface area contributed by atoms with E-state index in [1.807, 2.05) is 0 Å². The lowest BCUT2D eigenvalue weighted by molar-refractivity contribution is -0.125. The Kier molecular flexibility index (Phi) is 4.84. The zero-order chi connectivity index (χ0) is 17.0. The molecule has 0 radical (unpaired) electrons. The molecule has 2 rings (SSSR count). The predicted octanol–water partition coefficient (Wildman–Crippen LogP) is 1.80. The fourth-order valence-electron chi connectivity index (χ4n) is 2.20. The van der Waals surface area contributed by atoms with E-state index >= 15 is 0 Å². The van der Waals surface area contributed by atoms with Crippen LogP contribution in [0.15, 0.2) is 18.2 Å². The van der Waals surface area contributed by atoms with Crippen molar-refractivity contribution in [2.24, 2.45) is 5.92 Å². The number of esters is 1. The van der Waals surface area contributed by atoms with E-state index in [1.165, 1.54) is 19.2 Å². The van der Waals surface area contributed by atoms with Crippen LogP contribution >= 0.6 is 0 Å². The molecule has 1 saturated carbocycles. The van der Waals surface area contributed by atoms with E-state index < -0.39 is 29.8 Å². The molecule has 0 spiro atoms. The third-order valence-electron chi connectivity index (χ3n) is 3.76. The fraction of sp³-hybridized carbons (Fsp3) is 0.438. The standard InChI is InChI=1S/C16H17FN2O4/c1-16(9-18,10-3-4-10)19-14(20)8-23-15(21)12-6-5-11(22-2)7-13(12)17/h5-7,10H,3-4,8H2,1-2H3,(H,19,20)/t16-/m1/s1. The molecule has 0 aliphatic heterocycles. The average Bonchev–Trinajstić information content (AvgIpc) is 3.37. The molecule has 7 heteroatoms. The molecular weight excluding hydrogens is 303 g/mol. The highest BCUT2D eigenvalue weighted by molar-refractivity contribution is 5.91. The molecule has 122 valence electrons. The molecule has 0 saturated heterocycles. The molecule has 0 heterocycles. The molecular formula is C16H17FN2O4. The largest absolute Gasteiger partial charge is 0.497 e. The van der Waals surface area contributed by atoms with Gasteiger partial charge < -0.3 is 14.8 Å².